The summed E-state index contributed by atoms with van der Waals surface area (Å²) in [5, 5.41) is 15.6. The second kappa shape index (κ2) is 12.1. The zero-order valence-electron chi connectivity index (χ0n) is 20.3. The minimum Gasteiger partial charge on any atom is -0.508 e. The summed E-state index contributed by atoms with van der Waals surface area (Å²) in [7, 11) is 0. The summed E-state index contributed by atoms with van der Waals surface area (Å²) in [5.41, 5.74) is 0.286. The topological polar surface area (TPSA) is 90.9 Å². The second-order valence-electron chi connectivity index (χ2n) is 9.16. The Balaban J connectivity index is 1.77. The molecule has 0 aromatic heterocycles. The van der Waals surface area contributed by atoms with Crippen LogP contribution in [0.25, 0.3) is 0 Å². The number of carbonyl (C=O) groups excluding carboxylic acids is 2. The molecule has 0 saturated carbocycles. The molecule has 3 rings (SSSR count). The molecule has 196 valence electrons. The lowest BCUT2D eigenvalue weighted by atomic mass is 9.92. The summed E-state index contributed by atoms with van der Waals surface area (Å²) in [6.45, 7) is 5.88. The molecular weight excluding hydrogens is 475 g/mol. The Kier molecular flexibility index (Phi) is 9.19. The molecule has 0 aliphatic carbocycles. The van der Waals surface area contributed by atoms with Crippen LogP contribution in [0.2, 0.25) is 0 Å². The number of nitrogens with one attached hydrogen (secondary N) is 2. The molecule has 1 heterocycles. The van der Waals surface area contributed by atoms with Gasteiger partial charge in [0.05, 0.1) is 24.7 Å². The fraction of sp³-hybridized carbons (Fsp3) is 0.462. The highest BCUT2D eigenvalue weighted by molar-refractivity contribution is 5.90. The fourth-order valence-corrected chi connectivity index (χ4v) is 3.93. The first kappa shape index (κ1) is 27.3. The lowest BCUT2D eigenvalue weighted by molar-refractivity contribution is -0.138. The molecule has 2 amide bonds. The molecule has 0 unspecified atom stereocenters. The van der Waals surface area contributed by atoms with Crippen LogP contribution >= 0.6 is 0 Å². The summed E-state index contributed by atoms with van der Waals surface area (Å²) >= 11 is 0. The maximum absolute atomic E-state index is 13.4. The molecule has 3 N–H and O–H groups in total. The Bertz CT molecular complexity index is 1000. The molecule has 1 aliphatic heterocycles. The van der Waals surface area contributed by atoms with Crippen LogP contribution in [0.5, 0.6) is 5.75 Å². The predicted molar refractivity (Wildman–Crippen MR) is 130 cm³/mol. The molecule has 2 atom stereocenters. The van der Waals surface area contributed by atoms with Gasteiger partial charge in [0.2, 0.25) is 11.8 Å². The molecule has 10 heteroatoms. The number of halogens is 3. The van der Waals surface area contributed by atoms with E-state index < -0.39 is 23.6 Å². The number of hydrogen-bond acceptors (Lipinski definition) is 5. The van der Waals surface area contributed by atoms with Crippen LogP contribution in [0, 0.1) is 5.92 Å². The standard InChI is InChI=1S/C26H32F3N3O4/c1-17(2)23(16-30-20-7-9-21(33)10-8-20)31-25(35)22(15-24(34)32-11-13-36-14-12-32)18-3-5-19(6-4-18)26(27,28)29/h3-10,17,22-23,30,33H,11-16H2,1-2H3,(H,31,35)/t22-,23-/m1/s1. The first-order valence-electron chi connectivity index (χ1n) is 11.9. The number of carbonyl (C=O) groups is 2. The quantitative estimate of drug-likeness (QED) is 0.447. The van der Waals surface area contributed by atoms with E-state index in [-0.39, 0.29) is 30.0 Å². The number of benzene rings is 2. The maximum Gasteiger partial charge on any atom is 0.416 e. The van der Waals surface area contributed by atoms with E-state index in [2.05, 4.69) is 10.6 Å². The van der Waals surface area contributed by atoms with E-state index in [0.717, 1.165) is 17.8 Å². The normalized spacial score (nSPS) is 15.9. The second-order valence-corrected chi connectivity index (χ2v) is 9.16. The van der Waals surface area contributed by atoms with Gasteiger partial charge in [0.1, 0.15) is 5.75 Å². The molecule has 2 aromatic carbocycles. The number of rotatable bonds is 9. The van der Waals surface area contributed by atoms with E-state index >= 15 is 0 Å². The van der Waals surface area contributed by atoms with Crippen molar-refractivity contribution >= 4 is 17.5 Å². The SMILES string of the molecule is CC(C)[C@@H](CNc1ccc(O)cc1)NC(=O)[C@H](CC(=O)N1CCOCC1)c1ccc(C(F)(F)F)cc1. The van der Waals surface area contributed by atoms with Crippen molar-refractivity contribution in [3.8, 4) is 5.75 Å². The number of phenolic OH excluding ortho intramolecular Hbond substituents is 1. The van der Waals surface area contributed by atoms with Crippen molar-refractivity contribution in [2.45, 2.75) is 38.4 Å². The largest absolute Gasteiger partial charge is 0.508 e. The van der Waals surface area contributed by atoms with Crippen molar-refractivity contribution < 1.29 is 32.6 Å². The lowest BCUT2D eigenvalue weighted by Gasteiger charge is -2.30. The van der Waals surface area contributed by atoms with Crippen molar-refractivity contribution in [1.29, 1.82) is 0 Å². The van der Waals surface area contributed by atoms with Crippen LogP contribution in [-0.4, -0.2) is 60.7 Å². The van der Waals surface area contributed by atoms with Gasteiger partial charge in [-0.15, -0.1) is 0 Å². The Morgan fingerprint density at radius 2 is 1.64 bits per heavy atom. The first-order valence-corrected chi connectivity index (χ1v) is 11.9. The number of phenols is 1. The minimum atomic E-state index is -4.50. The molecule has 0 bridgehead atoms. The summed E-state index contributed by atoms with van der Waals surface area (Å²) in [6, 6.07) is 10.6. The van der Waals surface area contributed by atoms with Crippen molar-refractivity contribution in [2.75, 3.05) is 38.2 Å². The van der Waals surface area contributed by atoms with Gasteiger partial charge >= 0.3 is 6.18 Å². The van der Waals surface area contributed by atoms with Gasteiger partial charge in [0, 0.05) is 37.8 Å². The molecule has 1 saturated heterocycles. The van der Waals surface area contributed by atoms with E-state index in [4.69, 9.17) is 4.74 Å². The Hall–Kier alpha value is -3.27. The lowest BCUT2D eigenvalue weighted by Crippen LogP contribution is -2.47. The highest BCUT2D eigenvalue weighted by Crippen LogP contribution is 2.31. The highest BCUT2D eigenvalue weighted by atomic mass is 19.4. The van der Waals surface area contributed by atoms with Gasteiger partial charge in [-0.05, 0) is 47.9 Å². The Labute approximate surface area is 208 Å². The van der Waals surface area contributed by atoms with Crippen molar-refractivity contribution in [3.05, 3.63) is 59.7 Å². The van der Waals surface area contributed by atoms with Gasteiger partial charge in [-0.2, -0.15) is 13.2 Å². The number of hydrogen-bond donors (Lipinski definition) is 3. The smallest absolute Gasteiger partial charge is 0.416 e. The molecular formula is C26H32F3N3O4. The third kappa shape index (κ3) is 7.61. The number of ether oxygens (including phenoxy) is 1. The van der Waals surface area contributed by atoms with Gasteiger partial charge in [-0.25, -0.2) is 0 Å². The van der Waals surface area contributed by atoms with Crippen LogP contribution in [0.4, 0.5) is 18.9 Å². The molecule has 36 heavy (non-hydrogen) atoms. The fourth-order valence-electron chi connectivity index (χ4n) is 3.93. The number of anilines is 1. The monoisotopic (exact) mass is 507 g/mol. The zero-order chi connectivity index (χ0) is 26.3. The highest BCUT2D eigenvalue weighted by Gasteiger charge is 2.32. The number of morpholine rings is 1. The predicted octanol–water partition coefficient (Wildman–Crippen LogP) is 4.00. The van der Waals surface area contributed by atoms with Crippen molar-refractivity contribution in [1.82, 2.24) is 10.2 Å². The van der Waals surface area contributed by atoms with E-state index in [0.29, 0.717) is 38.4 Å². The molecule has 0 spiro atoms. The third-order valence-electron chi connectivity index (χ3n) is 6.23. The third-order valence-corrected chi connectivity index (χ3v) is 6.23. The summed E-state index contributed by atoms with van der Waals surface area (Å²) < 4.78 is 44.5. The van der Waals surface area contributed by atoms with Crippen LogP contribution in [0.15, 0.2) is 48.5 Å². The molecule has 2 aromatic rings. The molecule has 0 radical (unpaired) electrons. The summed E-state index contributed by atoms with van der Waals surface area (Å²) in [5.74, 6) is -1.46. The summed E-state index contributed by atoms with van der Waals surface area (Å²) in [6.07, 6.45) is -4.66. The number of amides is 2. The van der Waals surface area contributed by atoms with Gasteiger partial charge in [-0.1, -0.05) is 26.0 Å². The van der Waals surface area contributed by atoms with Crippen LogP contribution in [0.3, 0.4) is 0 Å². The maximum atomic E-state index is 13.4. The van der Waals surface area contributed by atoms with Crippen LogP contribution in [0.1, 0.15) is 37.3 Å². The number of alkyl halides is 3. The molecule has 7 nitrogen and oxygen atoms in total. The Morgan fingerprint density at radius 3 is 2.19 bits per heavy atom. The van der Waals surface area contributed by atoms with Gasteiger partial charge < -0.3 is 25.4 Å². The van der Waals surface area contributed by atoms with Gasteiger partial charge in [-0.3, -0.25) is 9.59 Å². The van der Waals surface area contributed by atoms with Gasteiger partial charge in [0.25, 0.3) is 0 Å². The minimum absolute atomic E-state index is 0.0294. The molecule has 1 fully saturated rings. The average Bonchev–Trinajstić information content (AvgIpc) is 2.85. The van der Waals surface area contributed by atoms with E-state index in [1.165, 1.54) is 12.1 Å². The van der Waals surface area contributed by atoms with E-state index in [1.54, 1.807) is 29.2 Å². The van der Waals surface area contributed by atoms with Crippen molar-refractivity contribution in [3.63, 3.8) is 0 Å². The first-order chi connectivity index (χ1) is 17.0. The van der Waals surface area contributed by atoms with Crippen LogP contribution in [-0.2, 0) is 20.5 Å². The van der Waals surface area contributed by atoms with Crippen LogP contribution < -0.4 is 10.6 Å². The zero-order valence-corrected chi connectivity index (χ0v) is 20.3. The summed E-state index contributed by atoms with van der Waals surface area (Å²) in [4.78, 5) is 28.0. The van der Waals surface area contributed by atoms with E-state index in [9.17, 15) is 27.9 Å². The number of aromatic hydroxyl groups is 1. The van der Waals surface area contributed by atoms with E-state index in [1.807, 2.05) is 13.8 Å². The van der Waals surface area contributed by atoms with Crippen molar-refractivity contribution in [2.24, 2.45) is 5.92 Å². The average molecular weight is 508 g/mol. The number of nitrogens with zero attached hydrogens (tertiary/aromatic N) is 1. The molecule has 1 aliphatic rings. The Morgan fingerprint density at radius 1 is 1.03 bits per heavy atom. The van der Waals surface area contributed by atoms with Gasteiger partial charge in [0.15, 0.2) is 0 Å².